The average Bonchev–Trinajstić information content (AvgIpc) is 3.09. The highest BCUT2D eigenvalue weighted by Gasteiger charge is 2.18. The first-order chi connectivity index (χ1) is 13.1. The van der Waals surface area contributed by atoms with Crippen molar-refractivity contribution in [3.05, 3.63) is 53.6 Å². The van der Waals surface area contributed by atoms with Gasteiger partial charge in [-0.25, -0.2) is 0 Å². The van der Waals surface area contributed by atoms with E-state index in [4.69, 9.17) is 4.74 Å². The molecule has 3 rings (SSSR count). The number of ketones is 1. The summed E-state index contributed by atoms with van der Waals surface area (Å²) in [5, 5.41) is 2.91. The molecule has 1 N–H and O–H groups in total. The van der Waals surface area contributed by atoms with Crippen LogP contribution >= 0.6 is 0 Å². The first-order valence-corrected chi connectivity index (χ1v) is 9.54. The van der Waals surface area contributed by atoms with Crippen molar-refractivity contribution in [3.63, 3.8) is 0 Å². The third kappa shape index (κ3) is 4.67. The van der Waals surface area contributed by atoms with Gasteiger partial charge in [-0.1, -0.05) is 6.07 Å². The highest BCUT2D eigenvalue weighted by Crippen LogP contribution is 2.30. The van der Waals surface area contributed by atoms with E-state index in [2.05, 4.69) is 23.2 Å². The summed E-state index contributed by atoms with van der Waals surface area (Å²) in [5.74, 6) is 0.555. The van der Waals surface area contributed by atoms with Gasteiger partial charge in [0.05, 0.1) is 6.61 Å². The normalized spacial score (nSPS) is 12.6. The average molecular weight is 366 g/mol. The Bertz CT molecular complexity index is 815. The van der Waals surface area contributed by atoms with Crippen molar-refractivity contribution in [1.82, 2.24) is 0 Å². The summed E-state index contributed by atoms with van der Waals surface area (Å²) in [6.45, 7) is 6.62. The number of hydrogen-bond acceptors (Lipinski definition) is 4. The van der Waals surface area contributed by atoms with Crippen LogP contribution in [-0.2, 0) is 11.2 Å². The second-order valence-electron chi connectivity index (χ2n) is 6.60. The van der Waals surface area contributed by atoms with Crippen LogP contribution in [0.4, 0.5) is 11.4 Å². The molecule has 0 aliphatic carbocycles. The van der Waals surface area contributed by atoms with Gasteiger partial charge >= 0.3 is 0 Å². The third-order valence-corrected chi connectivity index (χ3v) is 4.81. The Kier molecular flexibility index (Phi) is 6.12. The topological polar surface area (TPSA) is 58.6 Å². The van der Waals surface area contributed by atoms with Gasteiger partial charge in [-0.2, -0.15) is 0 Å². The first-order valence-electron chi connectivity index (χ1n) is 9.54. The van der Waals surface area contributed by atoms with Gasteiger partial charge in [-0.05, 0) is 62.2 Å². The molecule has 0 radical (unpaired) electrons. The van der Waals surface area contributed by atoms with Gasteiger partial charge in [0.15, 0.2) is 5.78 Å². The fraction of sp³-hybridized carbons (Fsp3) is 0.364. The smallest absolute Gasteiger partial charge is 0.224 e. The molecule has 0 saturated heterocycles. The van der Waals surface area contributed by atoms with Crippen LogP contribution in [0.3, 0.4) is 0 Å². The largest absolute Gasteiger partial charge is 0.494 e. The minimum absolute atomic E-state index is 0.0423. The molecule has 1 aliphatic heterocycles. The zero-order chi connectivity index (χ0) is 19.2. The maximum absolute atomic E-state index is 12.3. The molecule has 1 aliphatic rings. The number of carbonyl (C=O) groups excluding carboxylic acids is 2. The lowest BCUT2D eigenvalue weighted by molar-refractivity contribution is -0.116. The summed E-state index contributed by atoms with van der Waals surface area (Å²) in [6, 6.07) is 13.1. The van der Waals surface area contributed by atoms with E-state index in [1.165, 1.54) is 11.3 Å². The van der Waals surface area contributed by atoms with E-state index in [1.807, 2.05) is 19.1 Å². The van der Waals surface area contributed by atoms with Crippen LogP contribution in [0.2, 0.25) is 0 Å². The van der Waals surface area contributed by atoms with Crippen molar-refractivity contribution in [2.24, 2.45) is 0 Å². The maximum atomic E-state index is 12.3. The molecule has 0 unspecified atom stereocenters. The molecule has 142 valence electrons. The van der Waals surface area contributed by atoms with E-state index in [0.29, 0.717) is 12.2 Å². The van der Waals surface area contributed by atoms with E-state index in [-0.39, 0.29) is 24.5 Å². The number of hydrogen-bond donors (Lipinski definition) is 1. The molecular weight excluding hydrogens is 340 g/mol. The molecule has 2 aromatic rings. The van der Waals surface area contributed by atoms with Crippen molar-refractivity contribution in [2.45, 2.75) is 33.1 Å². The van der Waals surface area contributed by atoms with Gasteiger partial charge in [0.1, 0.15) is 5.75 Å². The number of carbonyl (C=O) groups is 2. The Morgan fingerprint density at radius 2 is 1.85 bits per heavy atom. The molecule has 1 amide bonds. The Morgan fingerprint density at radius 1 is 1.07 bits per heavy atom. The van der Waals surface area contributed by atoms with Gasteiger partial charge in [-0.3, -0.25) is 9.59 Å². The van der Waals surface area contributed by atoms with Gasteiger partial charge < -0.3 is 15.0 Å². The standard InChI is InChI=1S/C22H26N2O3/c1-3-24-14-13-16-5-8-18(15-20(16)24)23-22(26)12-11-21(25)17-6-9-19(10-7-17)27-4-2/h5-10,15H,3-4,11-14H2,1-2H3,(H,23,26). The number of amides is 1. The number of rotatable bonds is 8. The Labute approximate surface area is 160 Å². The molecule has 0 aromatic heterocycles. The Hall–Kier alpha value is -2.82. The molecule has 0 spiro atoms. The van der Waals surface area contributed by atoms with E-state index in [9.17, 15) is 9.59 Å². The predicted octanol–water partition coefficient (Wildman–Crippen LogP) is 4.07. The Morgan fingerprint density at radius 3 is 2.56 bits per heavy atom. The maximum Gasteiger partial charge on any atom is 0.224 e. The van der Waals surface area contributed by atoms with E-state index in [0.717, 1.165) is 30.9 Å². The summed E-state index contributed by atoms with van der Waals surface area (Å²) in [5.41, 5.74) is 3.90. The van der Waals surface area contributed by atoms with Gasteiger partial charge in [-0.15, -0.1) is 0 Å². The second kappa shape index (κ2) is 8.71. The molecule has 2 aromatic carbocycles. The molecular formula is C22H26N2O3. The SMILES string of the molecule is CCOc1ccc(C(=O)CCC(=O)Nc2ccc3c(c2)N(CC)CC3)cc1. The first kappa shape index (κ1) is 19.0. The van der Waals surface area contributed by atoms with Crippen molar-refractivity contribution >= 4 is 23.1 Å². The fourth-order valence-corrected chi connectivity index (χ4v) is 3.35. The quantitative estimate of drug-likeness (QED) is 0.716. The number of Topliss-reactive ketones (excluding diaryl/α,β-unsaturated/α-hetero) is 1. The monoisotopic (exact) mass is 366 g/mol. The highest BCUT2D eigenvalue weighted by molar-refractivity contribution is 6.00. The van der Waals surface area contributed by atoms with Crippen LogP contribution in [0.25, 0.3) is 0 Å². The Balaban J connectivity index is 1.53. The molecule has 0 atom stereocenters. The van der Waals surface area contributed by atoms with Crippen molar-refractivity contribution in [2.75, 3.05) is 29.9 Å². The lowest BCUT2D eigenvalue weighted by Crippen LogP contribution is -2.19. The van der Waals surface area contributed by atoms with Gasteiger partial charge in [0.2, 0.25) is 5.91 Å². The van der Waals surface area contributed by atoms with E-state index < -0.39 is 0 Å². The lowest BCUT2D eigenvalue weighted by atomic mass is 10.1. The van der Waals surface area contributed by atoms with E-state index in [1.54, 1.807) is 24.3 Å². The molecule has 0 bridgehead atoms. The summed E-state index contributed by atoms with van der Waals surface area (Å²) < 4.78 is 5.37. The number of likely N-dealkylation sites (N-methyl/N-ethyl adjacent to an activating group) is 1. The third-order valence-electron chi connectivity index (χ3n) is 4.81. The van der Waals surface area contributed by atoms with Crippen molar-refractivity contribution in [1.29, 1.82) is 0 Å². The zero-order valence-corrected chi connectivity index (χ0v) is 16.0. The summed E-state index contributed by atoms with van der Waals surface area (Å²) >= 11 is 0. The molecule has 0 fully saturated rings. The minimum Gasteiger partial charge on any atom is -0.494 e. The summed E-state index contributed by atoms with van der Waals surface area (Å²) in [7, 11) is 0. The van der Waals surface area contributed by atoms with Crippen molar-refractivity contribution < 1.29 is 14.3 Å². The predicted molar refractivity (Wildman–Crippen MR) is 108 cm³/mol. The van der Waals surface area contributed by atoms with Crippen LogP contribution in [0.15, 0.2) is 42.5 Å². The number of fused-ring (bicyclic) bond motifs is 1. The fourth-order valence-electron chi connectivity index (χ4n) is 3.35. The van der Waals surface area contributed by atoms with Crippen LogP contribution < -0.4 is 15.0 Å². The zero-order valence-electron chi connectivity index (χ0n) is 16.0. The molecule has 5 heteroatoms. The number of nitrogens with one attached hydrogen (secondary N) is 1. The molecule has 0 saturated carbocycles. The second-order valence-corrected chi connectivity index (χ2v) is 6.60. The highest BCUT2D eigenvalue weighted by atomic mass is 16.5. The minimum atomic E-state index is -0.143. The molecule has 1 heterocycles. The van der Waals surface area contributed by atoms with Crippen LogP contribution in [0.1, 0.15) is 42.6 Å². The number of nitrogens with zero attached hydrogens (tertiary/aromatic N) is 1. The number of ether oxygens (including phenoxy) is 1. The molecule has 27 heavy (non-hydrogen) atoms. The summed E-state index contributed by atoms with van der Waals surface area (Å²) in [6.07, 6.45) is 1.40. The number of anilines is 2. The van der Waals surface area contributed by atoms with Crippen LogP contribution in [0, 0.1) is 0 Å². The van der Waals surface area contributed by atoms with E-state index >= 15 is 0 Å². The van der Waals surface area contributed by atoms with Crippen LogP contribution in [-0.4, -0.2) is 31.4 Å². The lowest BCUT2D eigenvalue weighted by Gasteiger charge is -2.17. The van der Waals surface area contributed by atoms with Gasteiger partial charge in [0.25, 0.3) is 0 Å². The summed E-state index contributed by atoms with van der Waals surface area (Å²) in [4.78, 5) is 26.8. The van der Waals surface area contributed by atoms with Crippen LogP contribution in [0.5, 0.6) is 5.75 Å². The van der Waals surface area contributed by atoms with Gasteiger partial charge in [0, 0.05) is 42.9 Å². The molecule has 5 nitrogen and oxygen atoms in total. The number of benzene rings is 2. The van der Waals surface area contributed by atoms with Crippen molar-refractivity contribution in [3.8, 4) is 5.75 Å².